The van der Waals surface area contributed by atoms with Gasteiger partial charge in [0.25, 0.3) is 11.8 Å². The van der Waals surface area contributed by atoms with E-state index in [2.05, 4.69) is 32.1 Å². The van der Waals surface area contributed by atoms with Gasteiger partial charge in [0.15, 0.2) is 6.10 Å². The van der Waals surface area contributed by atoms with Crippen LogP contribution in [0.3, 0.4) is 0 Å². The first-order valence-corrected chi connectivity index (χ1v) is 8.61. The van der Waals surface area contributed by atoms with Gasteiger partial charge in [-0.1, -0.05) is 42.3 Å². The number of carbonyl (C=O) groups excluding carboxylic acids is 3. The molecule has 138 valence electrons. The molecule has 0 bridgehead atoms. The maximum absolute atomic E-state index is 12.2. The molecule has 5 N–H and O–H groups in total. The molecule has 9 heteroatoms. The van der Waals surface area contributed by atoms with E-state index in [1.807, 2.05) is 13.0 Å². The molecule has 0 unspecified atom stereocenters. The summed E-state index contributed by atoms with van der Waals surface area (Å²) in [7, 11) is 0. The molecule has 0 aliphatic heterocycles. The molecular weight excluding hydrogens is 392 g/mol. The van der Waals surface area contributed by atoms with E-state index >= 15 is 0 Å². The maximum atomic E-state index is 12.2. The number of hydrogen-bond donors (Lipinski definition) is 4. The minimum atomic E-state index is -0.843. The molecule has 8 nitrogen and oxygen atoms in total. The van der Waals surface area contributed by atoms with Gasteiger partial charge in [-0.3, -0.25) is 20.4 Å². The fraction of sp³-hybridized carbons (Fsp3) is 0.438. The zero-order valence-corrected chi connectivity index (χ0v) is 15.9. The Hall–Kier alpha value is -2.29. The molecule has 3 atom stereocenters. The Balaban J connectivity index is 2.57. The highest BCUT2D eigenvalue weighted by atomic mass is 79.9. The van der Waals surface area contributed by atoms with Crippen LogP contribution in [0.1, 0.15) is 27.2 Å². The Morgan fingerprint density at radius 1 is 1.20 bits per heavy atom. The third kappa shape index (κ3) is 7.00. The molecule has 0 aliphatic carbocycles. The van der Waals surface area contributed by atoms with E-state index in [1.54, 1.807) is 32.0 Å². The van der Waals surface area contributed by atoms with Gasteiger partial charge in [-0.2, -0.15) is 0 Å². The largest absolute Gasteiger partial charge is 0.481 e. The number of halogens is 1. The summed E-state index contributed by atoms with van der Waals surface area (Å²) in [5, 5.41) is 2.37. The van der Waals surface area contributed by atoms with Crippen LogP contribution in [-0.2, 0) is 9.59 Å². The summed E-state index contributed by atoms with van der Waals surface area (Å²) in [4.78, 5) is 35.2. The van der Waals surface area contributed by atoms with E-state index < -0.39 is 30.0 Å². The van der Waals surface area contributed by atoms with Gasteiger partial charge in [0.1, 0.15) is 11.8 Å². The number of urea groups is 1. The highest BCUT2D eigenvalue weighted by molar-refractivity contribution is 9.10. The number of nitrogens with two attached hydrogens (primary N) is 1. The summed E-state index contributed by atoms with van der Waals surface area (Å²) in [5.74, 6) is -0.734. The number of amides is 4. The monoisotopic (exact) mass is 414 g/mol. The van der Waals surface area contributed by atoms with E-state index in [4.69, 9.17) is 10.5 Å². The van der Waals surface area contributed by atoms with Gasteiger partial charge < -0.3 is 15.8 Å². The molecule has 25 heavy (non-hydrogen) atoms. The number of hydrazine groups is 1. The van der Waals surface area contributed by atoms with Gasteiger partial charge in [0.05, 0.1) is 0 Å². The number of rotatable bonds is 7. The first-order valence-electron chi connectivity index (χ1n) is 7.82. The van der Waals surface area contributed by atoms with Crippen molar-refractivity contribution in [2.45, 2.75) is 39.3 Å². The molecule has 0 heterocycles. The Morgan fingerprint density at radius 3 is 2.40 bits per heavy atom. The van der Waals surface area contributed by atoms with Crippen LogP contribution < -0.4 is 26.6 Å². The standard InChI is InChI=1S/C16H23BrN4O4/c1-4-9(2)13(19-16(18)24)15(23)21-20-14(22)10(3)25-12-7-5-6-11(17)8-12/h5-10,13H,4H2,1-3H3,(H,20,22)(H,21,23)(H3,18,19,24)/t9-,10-,13-/m0/s1. The van der Waals surface area contributed by atoms with Crippen LogP contribution in [0.5, 0.6) is 5.75 Å². The normalized spacial score (nSPS) is 13.9. The number of primary amides is 1. The molecule has 0 fully saturated rings. The molecule has 1 rings (SSSR count). The summed E-state index contributed by atoms with van der Waals surface area (Å²) in [5.41, 5.74) is 9.65. The quantitative estimate of drug-likeness (QED) is 0.504. The van der Waals surface area contributed by atoms with Gasteiger partial charge in [-0.05, 0) is 31.0 Å². The van der Waals surface area contributed by atoms with Crippen molar-refractivity contribution in [3.63, 3.8) is 0 Å². The van der Waals surface area contributed by atoms with Crippen molar-refractivity contribution in [2.75, 3.05) is 0 Å². The molecule has 0 aliphatic rings. The van der Waals surface area contributed by atoms with Crippen molar-refractivity contribution in [1.82, 2.24) is 16.2 Å². The maximum Gasteiger partial charge on any atom is 0.312 e. The number of nitrogens with one attached hydrogen (secondary N) is 3. The van der Waals surface area contributed by atoms with E-state index in [1.165, 1.54) is 0 Å². The zero-order valence-electron chi connectivity index (χ0n) is 14.3. The fourth-order valence-corrected chi connectivity index (χ4v) is 2.33. The van der Waals surface area contributed by atoms with E-state index in [0.717, 1.165) is 4.47 Å². The average Bonchev–Trinajstić information content (AvgIpc) is 2.56. The van der Waals surface area contributed by atoms with Crippen LogP contribution >= 0.6 is 15.9 Å². The second-order valence-corrected chi connectivity index (χ2v) is 6.48. The molecule has 4 amide bonds. The minimum absolute atomic E-state index is 0.153. The lowest BCUT2D eigenvalue weighted by Crippen LogP contribution is -2.57. The molecule has 1 aromatic rings. The Kier molecular flexibility index (Phi) is 8.20. The van der Waals surface area contributed by atoms with Crippen molar-refractivity contribution in [1.29, 1.82) is 0 Å². The Labute approximate surface area is 155 Å². The van der Waals surface area contributed by atoms with Crippen molar-refractivity contribution in [3.8, 4) is 5.75 Å². The van der Waals surface area contributed by atoms with Crippen molar-refractivity contribution < 1.29 is 19.1 Å². The van der Waals surface area contributed by atoms with Crippen molar-refractivity contribution in [3.05, 3.63) is 28.7 Å². The first kappa shape index (κ1) is 20.8. The third-order valence-electron chi connectivity index (χ3n) is 3.58. The van der Waals surface area contributed by atoms with E-state index in [9.17, 15) is 14.4 Å². The van der Waals surface area contributed by atoms with Crippen LogP contribution in [0.25, 0.3) is 0 Å². The molecule has 0 radical (unpaired) electrons. The molecular formula is C16H23BrN4O4. The number of benzene rings is 1. The van der Waals surface area contributed by atoms with Gasteiger partial charge in [-0.15, -0.1) is 0 Å². The predicted octanol–water partition coefficient (Wildman–Crippen LogP) is 1.45. The first-order chi connectivity index (χ1) is 11.7. The summed E-state index contributed by atoms with van der Waals surface area (Å²) in [6.45, 7) is 5.22. The van der Waals surface area contributed by atoms with Crippen molar-refractivity contribution in [2.24, 2.45) is 11.7 Å². The average molecular weight is 415 g/mol. The third-order valence-corrected chi connectivity index (χ3v) is 4.07. The van der Waals surface area contributed by atoms with Crippen LogP contribution in [0.4, 0.5) is 4.79 Å². The lowest BCUT2D eigenvalue weighted by molar-refractivity contribution is -0.133. The van der Waals surface area contributed by atoms with Gasteiger partial charge in [-0.25, -0.2) is 4.79 Å². The summed E-state index contributed by atoms with van der Waals surface area (Å²) in [6, 6.07) is 5.39. The lowest BCUT2D eigenvalue weighted by atomic mass is 9.99. The molecule has 0 spiro atoms. The number of carbonyl (C=O) groups is 3. The fourth-order valence-electron chi connectivity index (χ4n) is 1.96. The Morgan fingerprint density at radius 2 is 1.84 bits per heavy atom. The molecule has 0 saturated carbocycles. The van der Waals surface area contributed by atoms with Crippen LogP contribution in [0.15, 0.2) is 28.7 Å². The minimum Gasteiger partial charge on any atom is -0.481 e. The smallest absolute Gasteiger partial charge is 0.312 e. The van der Waals surface area contributed by atoms with Gasteiger partial charge in [0, 0.05) is 4.47 Å². The second-order valence-electron chi connectivity index (χ2n) is 5.57. The summed E-state index contributed by atoms with van der Waals surface area (Å²) in [6.07, 6.45) is -0.185. The zero-order chi connectivity index (χ0) is 19.0. The molecule has 0 aromatic heterocycles. The van der Waals surface area contributed by atoms with Crippen molar-refractivity contribution >= 4 is 33.8 Å². The summed E-state index contributed by atoms with van der Waals surface area (Å²) >= 11 is 3.31. The highest BCUT2D eigenvalue weighted by Gasteiger charge is 2.26. The highest BCUT2D eigenvalue weighted by Crippen LogP contribution is 2.18. The number of hydrogen-bond acceptors (Lipinski definition) is 4. The second kappa shape index (κ2) is 9.87. The topological polar surface area (TPSA) is 123 Å². The number of ether oxygens (including phenoxy) is 1. The van der Waals surface area contributed by atoms with E-state index in [-0.39, 0.29) is 5.92 Å². The van der Waals surface area contributed by atoms with Crippen LogP contribution in [0.2, 0.25) is 0 Å². The predicted molar refractivity (Wildman–Crippen MR) is 96.5 cm³/mol. The van der Waals surface area contributed by atoms with Crippen LogP contribution in [-0.4, -0.2) is 30.0 Å². The van der Waals surface area contributed by atoms with Gasteiger partial charge >= 0.3 is 6.03 Å². The lowest BCUT2D eigenvalue weighted by Gasteiger charge is -2.23. The van der Waals surface area contributed by atoms with Gasteiger partial charge in [0.2, 0.25) is 0 Å². The Bertz CT molecular complexity index is 626. The molecule has 1 aromatic carbocycles. The SMILES string of the molecule is CC[C@H](C)[C@H](NC(N)=O)C(=O)NNC(=O)[C@H](C)Oc1cccc(Br)c1. The van der Waals surface area contributed by atoms with Crippen LogP contribution in [0, 0.1) is 5.92 Å². The van der Waals surface area contributed by atoms with E-state index in [0.29, 0.717) is 12.2 Å². The summed E-state index contributed by atoms with van der Waals surface area (Å²) < 4.78 is 6.32. The molecule has 0 saturated heterocycles.